The summed E-state index contributed by atoms with van der Waals surface area (Å²) in [6.07, 6.45) is -0.520. The van der Waals surface area contributed by atoms with E-state index in [2.05, 4.69) is 10.3 Å². The summed E-state index contributed by atoms with van der Waals surface area (Å²) in [5.41, 5.74) is 2.69. The molecule has 3 aromatic rings. The second-order valence-electron chi connectivity index (χ2n) is 7.29. The zero-order valence-corrected chi connectivity index (χ0v) is 19.2. The second kappa shape index (κ2) is 11.2. The van der Waals surface area contributed by atoms with Gasteiger partial charge in [0.15, 0.2) is 5.13 Å². The average molecular weight is 468 g/mol. The van der Waals surface area contributed by atoms with Gasteiger partial charge in [0, 0.05) is 18.0 Å². The standard InChI is InChI=1S/C24H25N3O5S/c1-3-32-24(31)26-19-12-8-7-11-18(19)20-15-33-23(25-20)27(2)22(30)17(14-21(28)29)13-16-9-5-4-6-10-16/h4-12,15,17H,3,13-14H2,1-2H3,(H,26,31)(H,28,29). The Labute approximate surface area is 195 Å². The number of benzene rings is 2. The first-order valence-electron chi connectivity index (χ1n) is 10.4. The minimum absolute atomic E-state index is 0.252. The van der Waals surface area contributed by atoms with Crippen molar-refractivity contribution in [3.05, 3.63) is 65.5 Å². The fourth-order valence-electron chi connectivity index (χ4n) is 3.36. The fraction of sp³-hybridized carbons (Fsp3) is 0.250. The van der Waals surface area contributed by atoms with Gasteiger partial charge >= 0.3 is 12.1 Å². The topological polar surface area (TPSA) is 109 Å². The van der Waals surface area contributed by atoms with Crippen molar-refractivity contribution >= 4 is 40.1 Å². The van der Waals surface area contributed by atoms with Crippen LogP contribution < -0.4 is 10.2 Å². The number of anilines is 2. The highest BCUT2D eigenvalue weighted by molar-refractivity contribution is 7.14. The van der Waals surface area contributed by atoms with Gasteiger partial charge < -0.3 is 9.84 Å². The van der Waals surface area contributed by atoms with Gasteiger partial charge in [-0.05, 0) is 25.0 Å². The summed E-state index contributed by atoms with van der Waals surface area (Å²) in [5, 5.41) is 14.2. The van der Waals surface area contributed by atoms with Crippen LogP contribution in [-0.4, -0.2) is 41.7 Å². The Bertz CT molecular complexity index is 1120. The third-order valence-corrected chi connectivity index (χ3v) is 5.84. The number of para-hydroxylation sites is 1. The van der Waals surface area contributed by atoms with E-state index < -0.39 is 18.0 Å². The molecule has 8 nitrogen and oxygen atoms in total. The summed E-state index contributed by atoms with van der Waals surface area (Å²) in [5.74, 6) is -2.07. The van der Waals surface area contributed by atoms with Crippen LogP contribution in [0.5, 0.6) is 0 Å². The Morgan fingerprint density at radius 1 is 1.12 bits per heavy atom. The van der Waals surface area contributed by atoms with Gasteiger partial charge in [-0.15, -0.1) is 11.3 Å². The van der Waals surface area contributed by atoms with Gasteiger partial charge in [-0.3, -0.25) is 19.8 Å². The summed E-state index contributed by atoms with van der Waals surface area (Å²) in [7, 11) is 1.59. The normalized spacial score (nSPS) is 11.5. The quantitative estimate of drug-likeness (QED) is 0.473. The van der Waals surface area contributed by atoms with Crippen LogP contribution in [0.3, 0.4) is 0 Å². The van der Waals surface area contributed by atoms with Crippen LogP contribution in [0.15, 0.2) is 60.0 Å². The molecule has 0 spiro atoms. The number of nitrogens with one attached hydrogen (secondary N) is 1. The number of aliphatic carboxylic acids is 1. The number of hydrogen-bond donors (Lipinski definition) is 2. The van der Waals surface area contributed by atoms with Crippen molar-refractivity contribution in [2.45, 2.75) is 19.8 Å². The van der Waals surface area contributed by atoms with Crippen molar-refractivity contribution < 1.29 is 24.2 Å². The van der Waals surface area contributed by atoms with Gasteiger partial charge in [-0.1, -0.05) is 48.5 Å². The molecule has 1 heterocycles. The van der Waals surface area contributed by atoms with E-state index >= 15 is 0 Å². The Balaban J connectivity index is 1.81. The lowest BCUT2D eigenvalue weighted by Crippen LogP contribution is -2.35. The zero-order chi connectivity index (χ0) is 23.8. The maximum atomic E-state index is 13.2. The van der Waals surface area contributed by atoms with Crippen molar-refractivity contribution in [1.29, 1.82) is 0 Å². The van der Waals surface area contributed by atoms with Gasteiger partial charge in [0.2, 0.25) is 5.91 Å². The highest BCUT2D eigenvalue weighted by Gasteiger charge is 2.27. The molecule has 172 valence electrons. The molecule has 2 N–H and O–H groups in total. The molecule has 3 rings (SSSR count). The molecule has 33 heavy (non-hydrogen) atoms. The molecule has 2 aromatic carbocycles. The van der Waals surface area contributed by atoms with E-state index in [1.165, 1.54) is 16.2 Å². The highest BCUT2D eigenvalue weighted by Crippen LogP contribution is 2.32. The van der Waals surface area contributed by atoms with E-state index in [-0.39, 0.29) is 18.9 Å². The van der Waals surface area contributed by atoms with Crippen molar-refractivity contribution in [2.24, 2.45) is 5.92 Å². The summed E-state index contributed by atoms with van der Waals surface area (Å²) < 4.78 is 4.95. The lowest BCUT2D eigenvalue weighted by Gasteiger charge is -2.21. The lowest BCUT2D eigenvalue weighted by molar-refractivity contribution is -0.140. The Kier molecular flexibility index (Phi) is 8.15. The largest absolute Gasteiger partial charge is 0.481 e. The molecule has 0 aliphatic rings. The van der Waals surface area contributed by atoms with E-state index in [0.717, 1.165) is 5.56 Å². The SMILES string of the molecule is CCOC(=O)Nc1ccccc1-c1csc(N(C)C(=O)C(CC(=O)O)Cc2ccccc2)n1. The second-order valence-corrected chi connectivity index (χ2v) is 8.12. The summed E-state index contributed by atoms with van der Waals surface area (Å²) in [6.45, 7) is 1.97. The van der Waals surface area contributed by atoms with Crippen LogP contribution in [0.2, 0.25) is 0 Å². The molecule has 1 atom stereocenters. The smallest absolute Gasteiger partial charge is 0.411 e. The molecule has 1 aromatic heterocycles. The fourth-order valence-corrected chi connectivity index (χ4v) is 4.15. The zero-order valence-electron chi connectivity index (χ0n) is 18.4. The number of carbonyl (C=O) groups excluding carboxylic acids is 2. The molecule has 0 radical (unpaired) electrons. The summed E-state index contributed by atoms with van der Waals surface area (Å²) >= 11 is 1.26. The first-order valence-corrected chi connectivity index (χ1v) is 11.3. The molecule has 0 saturated heterocycles. The van der Waals surface area contributed by atoms with E-state index in [0.29, 0.717) is 28.5 Å². The van der Waals surface area contributed by atoms with Crippen molar-refractivity contribution in [3.8, 4) is 11.3 Å². The van der Waals surface area contributed by atoms with Crippen molar-refractivity contribution in [2.75, 3.05) is 23.9 Å². The van der Waals surface area contributed by atoms with Gasteiger partial charge in [0.05, 0.1) is 30.3 Å². The van der Waals surface area contributed by atoms with Crippen molar-refractivity contribution in [1.82, 2.24) is 4.98 Å². The molecule has 0 bridgehead atoms. The first kappa shape index (κ1) is 23.9. The van der Waals surface area contributed by atoms with Crippen LogP contribution in [0.4, 0.5) is 15.6 Å². The lowest BCUT2D eigenvalue weighted by atomic mass is 9.95. The number of amides is 2. The maximum Gasteiger partial charge on any atom is 0.411 e. The monoisotopic (exact) mass is 467 g/mol. The number of rotatable bonds is 9. The van der Waals surface area contributed by atoms with Gasteiger partial charge in [0.1, 0.15) is 0 Å². The predicted octanol–water partition coefficient (Wildman–Crippen LogP) is 4.67. The molecule has 0 aliphatic carbocycles. The number of carboxylic acid groups (broad SMARTS) is 1. The molecule has 0 fully saturated rings. The third-order valence-electron chi connectivity index (χ3n) is 4.92. The Hall–Kier alpha value is -3.72. The average Bonchev–Trinajstić information content (AvgIpc) is 3.28. The first-order chi connectivity index (χ1) is 15.9. The number of thiazole rings is 1. The maximum absolute atomic E-state index is 13.2. The molecule has 9 heteroatoms. The van der Waals surface area contributed by atoms with E-state index in [1.54, 1.807) is 31.5 Å². The van der Waals surface area contributed by atoms with E-state index in [4.69, 9.17) is 4.74 Å². The summed E-state index contributed by atoms with van der Waals surface area (Å²) in [4.78, 5) is 42.4. The molecule has 2 amide bonds. The van der Waals surface area contributed by atoms with Gasteiger partial charge in [-0.2, -0.15) is 0 Å². The number of nitrogens with zero attached hydrogens (tertiary/aromatic N) is 2. The molecular weight excluding hydrogens is 442 g/mol. The van der Waals surface area contributed by atoms with Crippen LogP contribution in [-0.2, 0) is 20.7 Å². The van der Waals surface area contributed by atoms with Crippen LogP contribution in [0, 0.1) is 5.92 Å². The van der Waals surface area contributed by atoms with Gasteiger partial charge in [-0.25, -0.2) is 9.78 Å². The summed E-state index contributed by atoms with van der Waals surface area (Å²) in [6, 6.07) is 16.5. The molecular formula is C24H25N3O5S. The highest BCUT2D eigenvalue weighted by atomic mass is 32.1. The number of aromatic nitrogens is 1. The Morgan fingerprint density at radius 2 is 1.82 bits per heavy atom. The molecule has 1 unspecified atom stereocenters. The van der Waals surface area contributed by atoms with E-state index in [9.17, 15) is 19.5 Å². The number of ether oxygens (including phenoxy) is 1. The van der Waals surface area contributed by atoms with E-state index in [1.807, 2.05) is 42.5 Å². The minimum atomic E-state index is -1.03. The van der Waals surface area contributed by atoms with Crippen LogP contribution in [0.25, 0.3) is 11.3 Å². The van der Waals surface area contributed by atoms with Crippen LogP contribution >= 0.6 is 11.3 Å². The number of carbonyl (C=O) groups is 3. The Morgan fingerprint density at radius 3 is 2.52 bits per heavy atom. The van der Waals surface area contributed by atoms with Crippen molar-refractivity contribution in [3.63, 3.8) is 0 Å². The molecule has 0 saturated carbocycles. The minimum Gasteiger partial charge on any atom is -0.481 e. The molecule has 0 aliphatic heterocycles. The van der Waals surface area contributed by atoms with Gasteiger partial charge in [0.25, 0.3) is 0 Å². The predicted molar refractivity (Wildman–Crippen MR) is 127 cm³/mol. The third kappa shape index (κ3) is 6.39. The number of hydrogen-bond acceptors (Lipinski definition) is 6. The number of carboxylic acids is 1. The van der Waals surface area contributed by atoms with Crippen LogP contribution in [0.1, 0.15) is 18.9 Å².